The molecule has 6 heteroatoms. The summed E-state index contributed by atoms with van der Waals surface area (Å²) in [6.45, 7) is 3.08. The quantitative estimate of drug-likeness (QED) is 0.464. The predicted octanol–water partition coefficient (Wildman–Crippen LogP) is 4.74. The molecule has 0 bridgehead atoms. The van der Waals surface area contributed by atoms with Crippen LogP contribution in [0.15, 0.2) is 70.8 Å². The van der Waals surface area contributed by atoms with Crippen LogP contribution in [0.3, 0.4) is 0 Å². The van der Waals surface area contributed by atoms with Crippen molar-refractivity contribution in [3.05, 3.63) is 93.3 Å². The highest BCUT2D eigenvalue weighted by Crippen LogP contribution is 2.40. The zero-order chi connectivity index (χ0) is 22.3. The highest BCUT2D eigenvalue weighted by atomic mass is 16.2. The van der Waals surface area contributed by atoms with Gasteiger partial charge >= 0.3 is 0 Å². The molecule has 6 rings (SSSR count). The Kier molecular flexibility index (Phi) is 3.52. The number of ketones is 4. The summed E-state index contributed by atoms with van der Waals surface area (Å²) in [5.41, 5.74) is 2.59. The summed E-state index contributed by atoms with van der Waals surface area (Å²) < 4.78 is 0. The second-order valence-corrected chi connectivity index (χ2v) is 8.16. The van der Waals surface area contributed by atoms with E-state index in [2.05, 4.69) is 9.97 Å². The molecule has 0 radical (unpaired) electrons. The van der Waals surface area contributed by atoms with Gasteiger partial charge in [-0.25, -0.2) is 0 Å². The van der Waals surface area contributed by atoms with Crippen LogP contribution in [0.25, 0.3) is 21.8 Å². The molecule has 2 aromatic heterocycles. The molecular weight excluding hydrogens is 404 g/mol. The number of para-hydroxylation sites is 2. The van der Waals surface area contributed by atoms with E-state index in [1.54, 1.807) is 50.2 Å². The van der Waals surface area contributed by atoms with Gasteiger partial charge in [0.2, 0.25) is 11.6 Å². The lowest BCUT2D eigenvalue weighted by Crippen LogP contribution is -2.28. The van der Waals surface area contributed by atoms with E-state index in [1.165, 1.54) is 0 Å². The first-order chi connectivity index (χ1) is 15.4. The highest BCUT2D eigenvalue weighted by molar-refractivity contribution is 6.39. The first-order valence-electron chi connectivity index (χ1n) is 10.2. The Morgan fingerprint density at radius 2 is 0.906 bits per heavy atom. The Balaban J connectivity index is 1.60. The molecule has 0 saturated heterocycles. The smallest absolute Gasteiger partial charge is 0.211 e. The topological polar surface area (TPSA) is 99.9 Å². The number of H-pyrrole nitrogens is 2. The molecule has 2 N–H and O–H groups in total. The lowest BCUT2D eigenvalue weighted by Gasteiger charge is -2.22. The van der Waals surface area contributed by atoms with Crippen molar-refractivity contribution in [3.63, 3.8) is 0 Å². The SMILES string of the molecule is CC1=C(C2=C(C)C(=O)c3c([nH]c4ccccc34)C2=O)C(=O)c2[nH]c3ccccc3c2C1=O. The molecule has 0 fully saturated rings. The number of benzene rings is 2. The van der Waals surface area contributed by atoms with E-state index in [9.17, 15) is 19.2 Å². The maximum atomic E-state index is 13.6. The van der Waals surface area contributed by atoms with Crippen LogP contribution in [0.1, 0.15) is 55.5 Å². The third-order valence-electron chi connectivity index (χ3n) is 6.46. The number of carbonyl (C=O) groups excluding carboxylic acids is 4. The van der Waals surface area contributed by atoms with E-state index in [4.69, 9.17) is 0 Å². The lowest BCUT2D eigenvalue weighted by molar-refractivity contribution is 0.0951. The molecular formula is C26H16N2O4. The van der Waals surface area contributed by atoms with Crippen LogP contribution in [0, 0.1) is 0 Å². The zero-order valence-corrected chi connectivity index (χ0v) is 17.3. The van der Waals surface area contributed by atoms with Crippen molar-refractivity contribution in [3.8, 4) is 0 Å². The monoisotopic (exact) mass is 420 g/mol. The van der Waals surface area contributed by atoms with Crippen LogP contribution < -0.4 is 0 Å². The normalized spacial score (nSPS) is 16.4. The minimum Gasteiger partial charge on any atom is -0.351 e. The largest absolute Gasteiger partial charge is 0.351 e. The summed E-state index contributed by atoms with van der Waals surface area (Å²) in [5, 5.41) is 1.32. The number of nitrogens with one attached hydrogen (secondary N) is 2. The molecule has 4 aromatic rings. The van der Waals surface area contributed by atoms with Gasteiger partial charge in [-0.05, 0) is 26.0 Å². The molecule has 2 heterocycles. The highest BCUT2D eigenvalue weighted by Gasteiger charge is 2.41. The van der Waals surface area contributed by atoms with Gasteiger partial charge < -0.3 is 9.97 Å². The van der Waals surface area contributed by atoms with Gasteiger partial charge in [-0.15, -0.1) is 0 Å². The number of rotatable bonds is 1. The van der Waals surface area contributed by atoms with Crippen molar-refractivity contribution in [2.75, 3.05) is 0 Å². The van der Waals surface area contributed by atoms with Gasteiger partial charge in [-0.2, -0.15) is 0 Å². The van der Waals surface area contributed by atoms with Gasteiger partial charge in [0.05, 0.1) is 22.5 Å². The third-order valence-corrected chi connectivity index (χ3v) is 6.46. The number of fused-ring (bicyclic) bond motifs is 6. The van der Waals surface area contributed by atoms with Crippen molar-refractivity contribution in [1.82, 2.24) is 9.97 Å². The van der Waals surface area contributed by atoms with Crippen molar-refractivity contribution < 1.29 is 19.2 Å². The van der Waals surface area contributed by atoms with Gasteiger partial charge in [-0.1, -0.05) is 36.4 Å². The number of hydrogen-bond acceptors (Lipinski definition) is 4. The third kappa shape index (κ3) is 2.13. The summed E-state index contributed by atoms with van der Waals surface area (Å²) in [6, 6.07) is 14.4. The van der Waals surface area contributed by atoms with Gasteiger partial charge in [0.15, 0.2) is 11.6 Å². The number of aromatic nitrogens is 2. The Bertz CT molecular complexity index is 1530. The number of Topliss-reactive ketones (excluding diaryl/α,β-unsaturated/α-hetero) is 4. The van der Waals surface area contributed by atoms with E-state index >= 15 is 0 Å². The van der Waals surface area contributed by atoms with Crippen LogP contribution >= 0.6 is 0 Å². The van der Waals surface area contributed by atoms with Crippen LogP contribution in [-0.2, 0) is 0 Å². The second-order valence-electron chi connectivity index (χ2n) is 8.16. The Hall–Kier alpha value is -4.32. The van der Waals surface area contributed by atoms with Crippen LogP contribution in [0.2, 0.25) is 0 Å². The van der Waals surface area contributed by atoms with E-state index < -0.39 is 11.6 Å². The summed E-state index contributed by atoms with van der Waals surface area (Å²) in [4.78, 5) is 59.9. The fourth-order valence-electron chi connectivity index (χ4n) is 4.89. The minimum absolute atomic E-state index is 0.00536. The molecule has 6 nitrogen and oxygen atoms in total. The molecule has 0 saturated carbocycles. The van der Waals surface area contributed by atoms with Crippen molar-refractivity contribution in [2.45, 2.75) is 13.8 Å². The first kappa shape index (κ1) is 18.4. The van der Waals surface area contributed by atoms with Crippen LogP contribution in [-0.4, -0.2) is 33.1 Å². The maximum absolute atomic E-state index is 13.6. The molecule has 2 aliphatic carbocycles. The molecule has 0 spiro atoms. The molecule has 0 unspecified atom stereocenters. The first-order valence-corrected chi connectivity index (χ1v) is 10.2. The molecule has 0 aliphatic heterocycles. The number of hydrogen-bond donors (Lipinski definition) is 2. The second kappa shape index (κ2) is 6.11. The average molecular weight is 420 g/mol. The molecule has 2 aromatic carbocycles. The van der Waals surface area contributed by atoms with Gasteiger partial charge in [0.1, 0.15) is 0 Å². The zero-order valence-electron chi connectivity index (χ0n) is 17.3. The molecule has 0 amide bonds. The predicted molar refractivity (Wildman–Crippen MR) is 119 cm³/mol. The number of allylic oxidation sites excluding steroid dienone is 4. The average Bonchev–Trinajstić information content (AvgIpc) is 3.38. The van der Waals surface area contributed by atoms with Crippen molar-refractivity contribution in [1.29, 1.82) is 0 Å². The van der Waals surface area contributed by atoms with E-state index in [0.717, 1.165) is 0 Å². The molecule has 154 valence electrons. The van der Waals surface area contributed by atoms with Crippen molar-refractivity contribution >= 4 is 44.9 Å². The number of carbonyl (C=O) groups is 4. The fourth-order valence-corrected chi connectivity index (χ4v) is 4.89. The van der Waals surface area contributed by atoms with Gasteiger partial charge in [0, 0.05) is 44.1 Å². The standard InChI is InChI=1S/C26H16N2O4/c1-11-17(25(31)21-19(23(11)29)13-7-3-5-9-15(13)27-21)18-12(2)24(30)20-14-8-4-6-10-16(14)28-22(20)26(18)32/h3-10,27-28H,1-2H3. The molecule has 32 heavy (non-hydrogen) atoms. The fraction of sp³-hybridized carbons (Fsp3) is 0.0769. The summed E-state index contributed by atoms with van der Waals surface area (Å²) in [7, 11) is 0. The minimum atomic E-state index is -0.455. The Morgan fingerprint density at radius 3 is 1.31 bits per heavy atom. The van der Waals surface area contributed by atoms with E-state index in [-0.39, 0.29) is 45.2 Å². The molecule has 0 atom stereocenters. The van der Waals surface area contributed by atoms with E-state index in [0.29, 0.717) is 32.9 Å². The van der Waals surface area contributed by atoms with Crippen molar-refractivity contribution in [2.24, 2.45) is 0 Å². The van der Waals surface area contributed by atoms with Crippen LogP contribution in [0.4, 0.5) is 0 Å². The van der Waals surface area contributed by atoms with Crippen LogP contribution in [0.5, 0.6) is 0 Å². The van der Waals surface area contributed by atoms with Gasteiger partial charge in [0.25, 0.3) is 0 Å². The summed E-state index contributed by atoms with van der Waals surface area (Å²) in [6.07, 6.45) is 0. The Labute approximate surface area is 181 Å². The Morgan fingerprint density at radius 1 is 0.531 bits per heavy atom. The van der Waals surface area contributed by atoms with E-state index in [1.807, 2.05) is 12.1 Å². The van der Waals surface area contributed by atoms with Gasteiger partial charge in [-0.3, -0.25) is 19.2 Å². The molecule has 2 aliphatic rings. The summed E-state index contributed by atoms with van der Waals surface area (Å²) in [5.74, 6) is -1.56. The summed E-state index contributed by atoms with van der Waals surface area (Å²) >= 11 is 0. The number of aromatic amines is 2. The maximum Gasteiger partial charge on any atom is 0.211 e. The lowest BCUT2D eigenvalue weighted by atomic mass is 9.77.